The standard InChI is InChI=1S/C7H12BrNO/c8-5-7(2-1-3-7)4-6(9)10/h1-5H2,(H2,9,10). The van der Waals surface area contributed by atoms with E-state index in [1.54, 1.807) is 0 Å². The Balaban J connectivity index is 2.40. The predicted octanol–water partition coefficient (Wildman–Crippen LogP) is 1.43. The van der Waals surface area contributed by atoms with Crippen LogP contribution >= 0.6 is 15.9 Å². The number of rotatable bonds is 3. The second-order valence-corrected chi connectivity index (χ2v) is 3.69. The van der Waals surface area contributed by atoms with E-state index in [9.17, 15) is 4.79 Å². The number of nitrogens with two attached hydrogens (primary N) is 1. The minimum absolute atomic E-state index is 0.167. The predicted molar refractivity (Wildman–Crippen MR) is 43.9 cm³/mol. The zero-order valence-corrected chi connectivity index (χ0v) is 7.49. The first-order valence-corrected chi connectivity index (χ1v) is 4.65. The van der Waals surface area contributed by atoms with Gasteiger partial charge in [-0.15, -0.1) is 0 Å². The SMILES string of the molecule is NC(=O)CC1(CBr)CCC1. The number of primary amides is 1. The lowest BCUT2D eigenvalue weighted by Gasteiger charge is -2.39. The third-order valence-corrected chi connectivity index (χ3v) is 3.44. The van der Waals surface area contributed by atoms with Crippen LogP contribution in [0.15, 0.2) is 0 Å². The summed E-state index contributed by atoms with van der Waals surface area (Å²) in [5, 5.41) is 0.920. The van der Waals surface area contributed by atoms with E-state index in [0.29, 0.717) is 6.42 Å². The molecule has 0 spiro atoms. The van der Waals surface area contributed by atoms with E-state index in [1.807, 2.05) is 0 Å². The molecule has 3 heteroatoms. The van der Waals surface area contributed by atoms with Crippen molar-refractivity contribution in [2.75, 3.05) is 5.33 Å². The summed E-state index contributed by atoms with van der Waals surface area (Å²) in [5.41, 5.74) is 5.33. The molecule has 10 heavy (non-hydrogen) atoms. The molecule has 1 aliphatic rings. The van der Waals surface area contributed by atoms with Crippen molar-refractivity contribution >= 4 is 21.8 Å². The van der Waals surface area contributed by atoms with Gasteiger partial charge in [-0.25, -0.2) is 0 Å². The molecule has 0 aromatic heterocycles. The van der Waals surface area contributed by atoms with E-state index in [4.69, 9.17) is 5.73 Å². The van der Waals surface area contributed by atoms with Crippen LogP contribution in [0.3, 0.4) is 0 Å². The lowest BCUT2D eigenvalue weighted by atomic mass is 9.68. The fourth-order valence-corrected chi connectivity index (χ4v) is 2.16. The van der Waals surface area contributed by atoms with Crippen molar-refractivity contribution in [2.45, 2.75) is 25.7 Å². The van der Waals surface area contributed by atoms with Crippen molar-refractivity contribution in [1.82, 2.24) is 0 Å². The summed E-state index contributed by atoms with van der Waals surface area (Å²) in [5.74, 6) is -0.167. The highest BCUT2D eigenvalue weighted by Crippen LogP contribution is 2.44. The summed E-state index contributed by atoms with van der Waals surface area (Å²) >= 11 is 3.40. The molecule has 58 valence electrons. The van der Waals surface area contributed by atoms with Crippen molar-refractivity contribution in [2.24, 2.45) is 11.1 Å². The molecule has 1 amide bonds. The maximum absolute atomic E-state index is 10.6. The fraction of sp³-hybridized carbons (Fsp3) is 0.857. The smallest absolute Gasteiger partial charge is 0.218 e. The fourth-order valence-electron chi connectivity index (χ4n) is 1.40. The van der Waals surface area contributed by atoms with Gasteiger partial charge in [-0.1, -0.05) is 22.4 Å². The molecule has 1 aliphatic carbocycles. The highest BCUT2D eigenvalue weighted by atomic mass is 79.9. The zero-order chi connectivity index (χ0) is 7.61. The molecule has 0 radical (unpaired) electrons. The molecule has 0 aromatic carbocycles. The molecule has 0 atom stereocenters. The van der Waals surface area contributed by atoms with E-state index >= 15 is 0 Å². The number of alkyl halides is 1. The number of carbonyl (C=O) groups excluding carboxylic acids is 1. The van der Waals surface area contributed by atoms with Gasteiger partial charge >= 0.3 is 0 Å². The van der Waals surface area contributed by atoms with Crippen LogP contribution in [0.4, 0.5) is 0 Å². The maximum Gasteiger partial charge on any atom is 0.218 e. The average molecular weight is 206 g/mol. The number of hydrogen-bond acceptors (Lipinski definition) is 1. The summed E-state index contributed by atoms with van der Waals surface area (Å²) in [7, 11) is 0. The molecule has 0 unspecified atom stereocenters. The van der Waals surface area contributed by atoms with Crippen molar-refractivity contribution in [3.8, 4) is 0 Å². The van der Waals surface area contributed by atoms with Crippen LogP contribution in [0.1, 0.15) is 25.7 Å². The summed E-state index contributed by atoms with van der Waals surface area (Å²) in [6.45, 7) is 0. The highest BCUT2D eigenvalue weighted by molar-refractivity contribution is 9.09. The molecule has 0 aromatic rings. The molecule has 0 bridgehead atoms. The van der Waals surface area contributed by atoms with Gasteiger partial charge in [0.25, 0.3) is 0 Å². The van der Waals surface area contributed by atoms with Crippen molar-refractivity contribution in [3.63, 3.8) is 0 Å². The van der Waals surface area contributed by atoms with Gasteiger partial charge in [-0.3, -0.25) is 4.79 Å². The minimum Gasteiger partial charge on any atom is -0.370 e. The van der Waals surface area contributed by atoms with Gasteiger partial charge in [0, 0.05) is 11.8 Å². The van der Waals surface area contributed by atoms with Crippen molar-refractivity contribution in [1.29, 1.82) is 0 Å². The van der Waals surface area contributed by atoms with Crippen molar-refractivity contribution in [3.05, 3.63) is 0 Å². The van der Waals surface area contributed by atoms with Crippen LogP contribution in [-0.2, 0) is 4.79 Å². The van der Waals surface area contributed by atoms with Gasteiger partial charge in [-0.05, 0) is 18.3 Å². The van der Waals surface area contributed by atoms with E-state index in [0.717, 1.165) is 18.2 Å². The van der Waals surface area contributed by atoms with Crippen LogP contribution in [-0.4, -0.2) is 11.2 Å². The summed E-state index contributed by atoms with van der Waals surface area (Å²) in [4.78, 5) is 10.6. The van der Waals surface area contributed by atoms with Crippen LogP contribution in [0.5, 0.6) is 0 Å². The highest BCUT2D eigenvalue weighted by Gasteiger charge is 2.36. The van der Waals surface area contributed by atoms with Gasteiger partial charge in [0.1, 0.15) is 0 Å². The summed E-state index contributed by atoms with van der Waals surface area (Å²) in [6, 6.07) is 0. The first-order valence-electron chi connectivity index (χ1n) is 3.53. The van der Waals surface area contributed by atoms with Crippen LogP contribution in [0.25, 0.3) is 0 Å². The first kappa shape index (κ1) is 8.05. The minimum atomic E-state index is -0.167. The van der Waals surface area contributed by atoms with E-state index < -0.39 is 0 Å². The molecule has 2 N–H and O–H groups in total. The monoisotopic (exact) mass is 205 g/mol. The maximum atomic E-state index is 10.6. The second-order valence-electron chi connectivity index (χ2n) is 3.13. The molecule has 1 fully saturated rings. The largest absolute Gasteiger partial charge is 0.370 e. The van der Waals surface area contributed by atoms with E-state index in [2.05, 4.69) is 15.9 Å². The number of hydrogen-bond donors (Lipinski definition) is 1. The number of amides is 1. The van der Waals surface area contributed by atoms with Gasteiger partial charge in [0.2, 0.25) is 5.91 Å². The molecule has 0 heterocycles. The molecular formula is C7H12BrNO. The second kappa shape index (κ2) is 2.91. The third-order valence-electron chi connectivity index (χ3n) is 2.25. The Bertz CT molecular complexity index is 137. The summed E-state index contributed by atoms with van der Waals surface area (Å²) in [6.07, 6.45) is 4.11. The third kappa shape index (κ3) is 1.51. The normalized spacial score (nSPS) is 21.7. The van der Waals surface area contributed by atoms with Gasteiger partial charge < -0.3 is 5.73 Å². The average Bonchev–Trinajstić information content (AvgIpc) is 1.78. The Kier molecular flexibility index (Phi) is 2.34. The van der Waals surface area contributed by atoms with E-state index in [1.165, 1.54) is 6.42 Å². The van der Waals surface area contributed by atoms with Gasteiger partial charge in [-0.2, -0.15) is 0 Å². The number of halogens is 1. The van der Waals surface area contributed by atoms with Crippen LogP contribution in [0.2, 0.25) is 0 Å². The first-order chi connectivity index (χ1) is 4.68. The van der Waals surface area contributed by atoms with E-state index in [-0.39, 0.29) is 11.3 Å². The molecule has 1 saturated carbocycles. The lowest BCUT2D eigenvalue weighted by Crippen LogP contribution is -2.35. The Morgan fingerprint density at radius 3 is 2.30 bits per heavy atom. The summed E-state index contributed by atoms with van der Waals surface area (Å²) < 4.78 is 0. The van der Waals surface area contributed by atoms with Gasteiger partial charge in [0.05, 0.1) is 0 Å². The Labute approximate surface area is 69.3 Å². The van der Waals surface area contributed by atoms with Crippen LogP contribution < -0.4 is 5.73 Å². The molecule has 2 nitrogen and oxygen atoms in total. The molecule has 0 aliphatic heterocycles. The Morgan fingerprint density at radius 1 is 1.60 bits per heavy atom. The zero-order valence-electron chi connectivity index (χ0n) is 5.90. The Morgan fingerprint density at radius 2 is 2.20 bits per heavy atom. The van der Waals surface area contributed by atoms with Gasteiger partial charge in [0.15, 0.2) is 0 Å². The molecule has 0 saturated heterocycles. The molecule has 1 rings (SSSR count). The Hall–Kier alpha value is -0.0500. The lowest BCUT2D eigenvalue weighted by molar-refractivity contribution is -0.121. The molecular weight excluding hydrogens is 194 g/mol. The quantitative estimate of drug-likeness (QED) is 0.697. The van der Waals surface area contributed by atoms with Crippen molar-refractivity contribution < 1.29 is 4.79 Å². The van der Waals surface area contributed by atoms with Crippen LogP contribution in [0, 0.1) is 5.41 Å². The number of carbonyl (C=O) groups is 1. The topological polar surface area (TPSA) is 43.1 Å².